The summed E-state index contributed by atoms with van der Waals surface area (Å²) in [6.45, 7) is 2.37. The predicted molar refractivity (Wildman–Crippen MR) is 108 cm³/mol. The smallest absolute Gasteiger partial charge is 0.242 e. The molecular weight excluding hydrogens is 372 g/mol. The molecule has 1 aliphatic rings. The van der Waals surface area contributed by atoms with Gasteiger partial charge in [0.15, 0.2) is 5.65 Å². The largest absolute Gasteiger partial charge is 0.497 e. The lowest BCUT2D eigenvalue weighted by Crippen LogP contribution is -2.27. The molecule has 4 rings (SSSR count). The number of benzene rings is 1. The molecule has 9 nitrogen and oxygen atoms in total. The zero-order chi connectivity index (χ0) is 20.2. The number of hydrogen-bond acceptors (Lipinski definition) is 7. The van der Waals surface area contributed by atoms with Crippen LogP contribution in [0.2, 0.25) is 0 Å². The molecule has 1 fully saturated rings. The van der Waals surface area contributed by atoms with E-state index in [4.69, 9.17) is 9.47 Å². The van der Waals surface area contributed by atoms with E-state index in [0.29, 0.717) is 23.7 Å². The zero-order valence-electron chi connectivity index (χ0n) is 16.6. The highest BCUT2D eigenvalue weighted by atomic mass is 16.5. The fourth-order valence-corrected chi connectivity index (χ4v) is 3.58. The lowest BCUT2D eigenvalue weighted by molar-refractivity contribution is -0.121. The number of aromatic nitrogens is 4. The van der Waals surface area contributed by atoms with Crippen molar-refractivity contribution >= 4 is 22.8 Å². The Balaban J connectivity index is 1.46. The predicted octanol–water partition coefficient (Wildman–Crippen LogP) is 1.76. The second kappa shape index (κ2) is 8.34. The minimum absolute atomic E-state index is 0.0756. The lowest BCUT2D eigenvalue weighted by Gasteiger charge is -2.16. The van der Waals surface area contributed by atoms with Crippen molar-refractivity contribution in [1.82, 2.24) is 25.1 Å². The van der Waals surface area contributed by atoms with Crippen molar-refractivity contribution in [3.05, 3.63) is 36.3 Å². The number of ether oxygens (including phenoxy) is 2. The fourth-order valence-electron chi connectivity index (χ4n) is 3.58. The van der Waals surface area contributed by atoms with Gasteiger partial charge >= 0.3 is 0 Å². The number of hydrogen-bond donors (Lipinski definition) is 1. The average molecular weight is 396 g/mol. The van der Waals surface area contributed by atoms with Gasteiger partial charge in [-0.3, -0.25) is 4.79 Å². The normalized spacial score (nSPS) is 13.7. The van der Waals surface area contributed by atoms with Crippen LogP contribution in [0.5, 0.6) is 11.5 Å². The fraction of sp³-hybridized carbons (Fsp3) is 0.400. The topological polar surface area (TPSA) is 94.4 Å². The van der Waals surface area contributed by atoms with Gasteiger partial charge in [0.1, 0.15) is 30.2 Å². The van der Waals surface area contributed by atoms with E-state index in [1.54, 1.807) is 25.1 Å². The molecule has 0 saturated carbocycles. The second-order valence-corrected chi connectivity index (χ2v) is 6.89. The number of nitrogens with zero attached hydrogens (tertiary/aromatic N) is 5. The number of methoxy groups -OCH3 is 2. The third-order valence-electron chi connectivity index (χ3n) is 5.08. The molecular formula is C20H24N6O3. The van der Waals surface area contributed by atoms with Gasteiger partial charge in [-0.25, -0.2) is 14.6 Å². The molecule has 1 aromatic carbocycles. The average Bonchev–Trinajstić information content (AvgIpc) is 3.42. The van der Waals surface area contributed by atoms with Crippen LogP contribution in [-0.4, -0.2) is 53.0 Å². The first-order valence-electron chi connectivity index (χ1n) is 9.58. The van der Waals surface area contributed by atoms with E-state index in [1.807, 2.05) is 18.2 Å². The Kier molecular flexibility index (Phi) is 5.46. The van der Waals surface area contributed by atoms with Crippen LogP contribution < -0.4 is 19.7 Å². The Morgan fingerprint density at radius 1 is 1.17 bits per heavy atom. The molecule has 1 N–H and O–H groups in total. The molecule has 0 bridgehead atoms. The van der Waals surface area contributed by atoms with Gasteiger partial charge in [-0.2, -0.15) is 5.10 Å². The summed E-state index contributed by atoms with van der Waals surface area (Å²) in [4.78, 5) is 23.5. The van der Waals surface area contributed by atoms with Gasteiger partial charge in [0.05, 0.1) is 25.8 Å². The molecule has 1 aliphatic heterocycles. The number of carbonyl (C=O) groups is 1. The summed E-state index contributed by atoms with van der Waals surface area (Å²) in [5.41, 5.74) is 1.50. The van der Waals surface area contributed by atoms with Gasteiger partial charge in [0.25, 0.3) is 0 Å². The molecule has 152 valence electrons. The zero-order valence-corrected chi connectivity index (χ0v) is 16.6. The van der Waals surface area contributed by atoms with Crippen LogP contribution in [0.1, 0.15) is 18.4 Å². The maximum atomic E-state index is 12.5. The Bertz CT molecular complexity index is 1010. The molecule has 2 aromatic heterocycles. The van der Waals surface area contributed by atoms with Gasteiger partial charge in [-0.05, 0) is 31.0 Å². The number of rotatable bonds is 7. The summed E-state index contributed by atoms with van der Waals surface area (Å²) >= 11 is 0. The number of nitrogens with one attached hydrogen (secondary N) is 1. The Morgan fingerprint density at radius 3 is 2.76 bits per heavy atom. The SMILES string of the molecule is COc1ccc(OC)c(CNC(=O)Cn2ncc3c(N4CCCC4)ncnc32)c1. The summed E-state index contributed by atoms with van der Waals surface area (Å²) in [6.07, 6.45) is 5.60. The molecule has 0 atom stereocenters. The highest BCUT2D eigenvalue weighted by Gasteiger charge is 2.19. The third kappa shape index (κ3) is 3.94. The molecule has 1 amide bonds. The maximum absolute atomic E-state index is 12.5. The van der Waals surface area contributed by atoms with Crippen LogP contribution in [0.15, 0.2) is 30.7 Å². The van der Waals surface area contributed by atoms with Gasteiger partial charge in [0, 0.05) is 25.2 Å². The molecule has 0 unspecified atom stereocenters. The number of carbonyl (C=O) groups excluding carboxylic acids is 1. The first-order valence-corrected chi connectivity index (χ1v) is 9.58. The van der Waals surface area contributed by atoms with E-state index in [2.05, 4.69) is 25.3 Å². The molecule has 0 aliphatic carbocycles. The van der Waals surface area contributed by atoms with Gasteiger partial charge < -0.3 is 19.7 Å². The second-order valence-electron chi connectivity index (χ2n) is 6.89. The van der Waals surface area contributed by atoms with Gasteiger partial charge in [0.2, 0.25) is 5.91 Å². The van der Waals surface area contributed by atoms with E-state index in [9.17, 15) is 4.79 Å². The molecule has 0 radical (unpaired) electrons. The molecule has 3 heterocycles. The van der Waals surface area contributed by atoms with E-state index in [-0.39, 0.29) is 12.5 Å². The number of fused-ring (bicyclic) bond motifs is 1. The summed E-state index contributed by atoms with van der Waals surface area (Å²) in [7, 11) is 3.20. The highest BCUT2D eigenvalue weighted by Crippen LogP contribution is 2.26. The molecule has 9 heteroatoms. The van der Waals surface area contributed by atoms with Crippen molar-refractivity contribution in [2.24, 2.45) is 0 Å². The summed E-state index contributed by atoms with van der Waals surface area (Å²) in [6, 6.07) is 5.48. The van der Waals surface area contributed by atoms with Crippen molar-refractivity contribution in [3.63, 3.8) is 0 Å². The van der Waals surface area contributed by atoms with Crippen LogP contribution in [0.25, 0.3) is 11.0 Å². The van der Waals surface area contributed by atoms with Crippen LogP contribution in [0, 0.1) is 0 Å². The Morgan fingerprint density at radius 2 is 2.00 bits per heavy atom. The highest BCUT2D eigenvalue weighted by molar-refractivity contribution is 5.88. The monoisotopic (exact) mass is 396 g/mol. The van der Waals surface area contributed by atoms with Gasteiger partial charge in [-0.1, -0.05) is 0 Å². The van der Waals surface area contributed by atoms with Crippen molar-refractivity contribution in [1.29, 1.82) is 0 Å². The lowest BCUT2D eigenvalue weighted by atomic mass is 10.2. The molecule has 29 heavy (non-hydrogen) atoms. The van der Waals surface area contributed by atoms with Crippen molar-refractivity contribution in [3.8, 4) is 11.5 Å². The minimum Gasteiger partial charge on any atom is -0.497 e. The van der Waals surface area contributed by atoms with Gasteiger partial charge in [-0.15, -0.1) is 0 Å². The van der Waals surface area contributed by atoms with Crippen molar-refractivity contribution in [2.45, 2.75) is 25.9 Å². The number of amides is 1. The maximum Gasteiger partial charge on any atom is 0.242 e. The molecule has 3 aromatic rings. The van der Waals surface area contributed by atoms with Crippen molar-refractivity contribution in [2.75, 3.05) is 32.2 Å². The Hall–Kier alpha value is -3.36. The quantitative estimate of drug-likeness (QED) is 0.650. The van der Waals surface area contributed by atoms with E-state index >= 15 is 0 Å². The first kappa shape index (κ1) is 19.0. The standard InChI is InChI=1S/C20H24N6O3/c1-28-15-5-6-17(29-2)14(9-15)10-21-18(27)12-26-20-16(11-24-26)19(22-13-23-20)25-7-3-4-8-25/h5-6,9,11,13H,3-4,7-8,10,12H2,1-2H3,(H,21,27). The van der Waals surface area contributed by atoms with Crippen LogP contribution in [0.4, 0.5) is 5.82 Å². The summed E-state index contributed by atoms with van der Waals surface area (Å²) in [5.74, 6) is 2.12. The van der Waals surface area contributed by atoms with E-state index in [1.165, 1.54) is 6.33 Å². The minimum atomic E-state index is -0.166. The van der Waals surface area contributed by atoms with Crippen LogP contribution >= 0.6 is 0 Å². The van der Waals surface area contributed by atoms with Crippen LogP contribution in [-0.2, 0) is 17.9 Å². The Labute approximate surface area is 168 Å². The summed E-state index contributed by atoms with van der Waals surface area (Å²) in [5, 5.41) is 8.15. The summed E-state index contributed by atoms with van der Waals surface area (Å²) < 4.78 is 12.2. The van der Waals surface area contributed by atoms with Crippen LogP contribution in [0.3, 0.4) is 0 Å². The van der Waals surface area contributed by atoms with Crippen molar-refractivity contribution < 1.29 is 14.3 Å². The molecule has 0 spiro atoms. The van der Waals surface area contributed by atoms with E-state index in [0.717, 1.165) is 42.7 Å². The van der Waals surface area contributed by atoms with E-state index < -0.39 is 0 Å². The molecule has 1 saturated heterocycles. The number of anilines is 1. The third-order valence-corrected chi connectivity index (χ3v) is 5.08. The first-order chi connectivity index (χ1) is 14.2.